The summed E-state index contributed by atoms with van der Waals surface area (Å²) in [6, 6.07) is 11.2. The van der Waals surface area contributed by atoms with Crippen LogP contribution in [-0.2, 0) is 6.54 Å². The Hall–Kier alpha value is -3.19. The number of carbonyl (C=O) groups excluding carboxylic acids is 1. The van der Waals surface area contributed by atoms with Crippen LogP contribution in [-0.4, -0.2) is 51.9 Å². The minimum absolute atomic E-state index is 0.0162. The van der Waals surface area contributed by atoms with E-state index in [2.05, 4.69) is 20.9 Å². The zero-order valence-corrected chi connectivity index (χ0v) is 16.4. The van der Waals surface area contributed by atoms with Crippen molar-refractivity contribution in [2.24, 2.45) is 0 Å². The van der Waals surface area contributed by atoms with E-state index in [1.54, 1.807) is 6.07 Å². The summed E-state index contributed by atoms with van der Waals surface area (Å²) in [7, 11) is 0. The van der Waals surface area contributed by atoms with Gasteiger partial charge in [-0.3, -0.25) is 14.5 Å². The molecule has 4 rings (SSSR count). The Labute approximate surface area is 169 Å². The molecule has 1 amide bonds. The zero-order chi connectivity index (χ0) is 20.2. The molecular weight excluding hydrogens is 368 g/mol. The first kappa shape index (κ1) is 19.1. The molecule has 1 fully saturated rings. The topological polar surface area (TPSA) is 82.4 Å². The summed E-state index contributed by atoms with van der Waals surface area (Å²) in [5.74, 6) is 0.611. The number of carbonyl (C=O) groups is 1. The highest BCUT2D eigenvalue weighted by Gasteiger charge is 2.21. The van der Waals surface area contributed by atoms with Gasteiger partial charge in [0.05, 0.1) is 11.8 Å². The number of nitrogens with one attached hydrogen (secondary N) is 1. The predicted octanol–water partition coefficient (Wildman–Crippen LogP) is 2.69. The number of amides is 1. The fraction of sp³-hybridized carbons (Fsp3) is 0.318. The number of benzene rings is 1. The standard InChI is InChI=1S/C22H24N4O3/c1-16-13-20(27)24-21(23-16)19-6-3-2-5-17(19)14-25-8-4-9-26(11-10-25)22(28)18-7-12-29-15-18/h2-3,5-7,12-13,15H,4,8-11,14H2,1H3,(H,23,24,27). The lowest BCUT2D eigenvalue weighted by Crippen LogP contribution is -2.35. The SMILES string of the molecule is Cc1cc(=O)[nH]c(-c2ccccc2CN2CCCN(C(=O)c3ccoc3)CC2)n1. The Kier molecular flexibility index (Phi) is 5.57. The maximum atomic E-state index is 12.6. The highest BCUT2D eigenvalue weighted by Crippen LogP contribution is 2.22. The second kappa shape index (κ2) is 8.45. The first-order chi connectivity index (χ1) is 14.1. The van der Waals surface area contributed by atoms with Gasteiger partial charge in [0.15, 0.2) is 0 Å². The molecule has 0 aliphatic carbocycles. The number of aryl methyl sites for hydroxylation is 1. The lowest BCUT2D eigenvalue weighted by Gasteiger charge is -2.22. The lowest BCUT2D eigenvalue weighted by molar-refractivity contribution is 0.0760. The molecule has 0 atom stereocenters. The summed E-state index contributed by atoms with van der Waals surface area (Å²) in [4.78, 5) is 36.0. The summed E-state index contributed by atoms with van der Waals surface area (Å²) < 4.78 is 5.04. The van der Waals surface area contributed by atoms with E-state index in [9.17, 15) is 9.59 Å². The van der Waals surface area contributed by atoms with Gasteiger partial charge in [0.25, 0.3) is 11.5 Å². The number of aromatic amines is 1. The average Bonchev–Trinajstić information content (AvgIpc) is 3.14. The fourth-order valence-electron chi connectivity index (χ4n) is 3.74. The van der Waals surface area contributed by atoms with E-state index in [1.165, 1.54) is 18.6 Å². The van der Waals surface area contributed by atoms with Crippen molar-refractivity contribution in [1.29, 1.82) is 0 Å². The van der Waals surface area contributed by atoms with Gasteiger partial charge < -0.3 is 14.3 Å². The normalized spacial score (nSPS) is 15.3. The third-order valence-corrected chi connectivity index (χ3v) is 5.18. The van der Waals surface area contributed by atoms with E-state index in [4.69, 9.17) is 4.42 Å². The summed E-state index contributed by atoms with van der Waals surface area (Å²) in [6.07, 6.45) is 3.93. The Morgan fingerprint density at radius 2 is 2.03 bits per heavy atom. The maximum absolute atomic E-state index is 12.6. The first-order valence-corrected chi connectivity index (χ1v) is 9.80. The van der Waals surface area contributed by atoms with E-state index in [0.717, 1.165) is 43.7 Å². The van der Waals surface area contributed by atoms with Crippen molar-refractivity contribution in [3.63, 3.8) is 0 Å². The Morgan fingerprint density at radius 3 is 2.83 bits per heavy atom. The summed E-state index contributed by atoms with van der Waals surface area (Å²) in [5, 5.41) is 0. The second-order valence-corrected chi connectivity index (χ2v) is 7.33. The molecule has 2 aromatic heterocycles. The van der Waals surface area contributed by atoms with Gasteiger partial charge in [0, 0.05) is 50.0 Å². The molecule has 0 bridgehead atoms. The number of hydrogen-bond donors (Lipinski definition) is 1. The van der Waals surface area contributed by atoms with Gasteiger partial charge in [-0.15, -0.1) is 0 Å². The van der Waals surface area contributed by atoms with Gasteiger partial charge in [0.2, 0.25) is 0 Å². The molecular formula is C22H24N4O3. The molecule has 3 heterocycles. The van der Waals surface area contributed by atoms with Crippen LogP contribution in [0.3, 0.4) is 0 Å². The molecule has 1 aromatic carbocycles. The van der Waals surface area contributed by atoms with E-state index in [1.807, 2.05) is 30.0 Å². The van der Waals surface area contributed by atoms with Crippen molar-refractivity contribution in [2.75, 3.05) is 26.2 Å². The number of hydrogen-bond acceptors (Lipinski definition) is 5. The summed E-state index contributed by atoms with van der Waals surface area (Å²) >= 11 is 0. The minimum Gasteiger partial charge on any atom is -0.472 e. The molecule has 1 aliphatic rings. The molecule has 0 saturated carbocycles. The number of furan rings is 1. The third kappa shape index (κ3) is 4.46. The molecule has 0 radical (unpaired) electrons. The van der Waals surface area contributed by atoms with Crippen molar-refractivity contribution in [1.82, 2.24) is 19.8 Å². The molecule has 0 spiro atoms. The fourth-order valence-corrected chi connectivity index (χ4v) is 3.74. The molecule has 7 nitrogen and oxygen atoms in total. The van der Waals surface area contributed by atoms with Crippen LogP contribution in [0.1, 0.15) is 28.0 Å². The second-order valence-electron chi connectivity index (χ2n) is 7.33. The first-order valence-electron chi connectivity index (χ1n) is 9.80. The van der Waals surface area contributed by atoms with E-state index < -0.39 is 0 Å². The van der Waals surface area contributed by atoms with Crippen LogP contribution in [0, 0.1) is 6.92 Å². The van der Waals surface area contributed by atoms with Crippen LogP contribution >= 0.6 is 0 Å². The zero-order valence-electron chi connectivity index (χ0n) is 16.4. The predicted molar refractivity (Wildman–Crippen MR) is 110 cm³/mol. The van der Waals surface area contributed by atoms with Crippen molar-refractivity contribution >= 4 is 5.91 Å². The summed E-state index contributed by atoms with van der Waals surface area (Å²) in [6.45, 7) is 5.65. The van der Waals surface area contributed by atoms with E-state index in [0.29, 0.717) is 23.6 Å². The smallest absolute Gasteiger partial charge is 0.257 e. The number of H-pyrrole nitrogens is 1. The Balaban J connectivity index is 1.49. The van der Waals surface area contributed by atoms with E-state index in [-0.39, 0.29) is 11.5 Å². The van der Waals surface area contributed by atoms with Crippen LogP contribution in [0.15, 0.2) is 58.1 Å². The number of aromatic nitrogens is 2. The highest BCUT2D eigenvalue weighted by atomic mass is 16.3. The minimum atomic E-state index is -0.148. The Bertz CT molecular complexity index is 1040. The van der Waals surface area contributed by atoms with Crippen LogP contribution in [0.25, 0.3) is 11.4 Å². The lowest BCUT2D eigenvalue weighted by atomic mass is 10.1. The highest BCUT2D eigenvalue weighted by molar-refractivity contribution is 5.93. The van der Waals surface area contributed by atoms with Crippen LogP contribution < -0.4 is 5.56 Å². The summed E-state index contributed by atoms with van der Waals surface area (Å²) in [5.41, 5.74) is 3.19. The van der Waals surface area contributed by atoms with E-state index >= 15 is 0 Å². The largest absolute Gasteiger partial charge is 0.472 e. The van der Waals surface area contributed by atoms with Crippen LogP contribution in [0.5, 0.6) is 0 Å². The van der Waals surface area contributed by atoms with Crippen molar-refractivity contribution in [3.05, 3.63) is 76.1 Å². The van der Waals surface area contributed by atoms with Crippen molar-refractivity contribution in [3.8, 4) is 11.4 Å². The van der Waals surface area contributed by atoms with Crippen molar-refractivity contribution in [2.45, 2.75) is 19.9 Å². The number of nitrogens with zero attached hydrogens (tertiary/aromatic N) is 3. The molecule has 1 saturated heterocycles. The van der Waals surface area contributed by atoms with Gasteiger partial charge in [0.1, 0.15) is 12.1 Å². The van der Waals surface area contributed by atoms with Crippen molar-refractivity contribution < 1.29 is 9.21 Å². The molecule has 29 heavy (non-hydrogen) atoms. The molecule has 3 aromatic rings. The maximum Gasteiger partial charge on any atom is 0.257 e. The molecule has 0 unspecified atom stereocenters. The van der Waals surface area contributed by atoms with Gasteiger partial charge in [-0.2, -0.15) is 0 Å². The quantitative estimate of drug-likeness (QED) is 0.738. The van der Waals surface area contributed by atoms with Crippen LogP contribution in [0.2, 0.25) is 0 Å². The van der Waals surface area contributed by atoms with Gasteiger partial charge in [-0.1, -0.05) is 24.3 Å². The average molecular weight is 392 g/mol. The van der Waals surface area contributed by atoms with Gasteiger partial charge in [-0.05, 0) is 25.0 Å². The Morgan fingerprint density at radius 1 is 1.17 bits per heavy atom. The molecule has 1 aliphatic heterocycles. The third-order valence-electron chi connectivity index (χ3n) is 5.18. The molecule has 150 valence electrons. The monoisotopic (exact) mass is 392 g/mol. The van der Waals surface area contributed by atoms with Gasteiger partial charge in [-0.25, -0.2) is 4.98 Å². The number of rotatable bonds is 4. The molecule has 1 N–H and O–H groups in total. The van der Waals surface area contributed by atoms with Crippen LogP contribution in [0.4, 0.5) is 0 Å². The molecule has 7 heteroatoms. The van der Waals surface area contributed by atoms with Gasteiger partial charge >= 0.3 is 0 Å².